The van der Waals surface area contributed by atoms with Gasteiger partial charge in [0.15, 0.2) is 0 Å². The normalized spacial score (nSPS) is 16.5. The molecule has 3 rings (SSSR count). The molecule has 2 aromatic heterocycles. The number of thiophene rings is 1. The average Bonchev–Trinajstić information content (AvgIpc) is 3.14. The minimum absolute atomic E-state index is 0.0893. The van der Waals surface area contributed by atoms with Gasteiger partial charge in [-0.15, -0.1) is 11.3 Å². The van der Waals surface area contributed by atoms with Gasteiger partial charge in [-0.25, -0.2) is 9.97 Å². The molecule has 0 saturated heterocycles. The lowest BCUT2D eigenvalue weighted by Gasteiger charge is -2.12. The van der Waals surface area contributed by atoms with E-state index in [0.29, 0.717) is 17.7 Å². The Morgan fingerprint density at radius 3 is 3.21 bits per heavy atom. The van der Waals surface area contributed by atoms with Crippen molar-refractivity contribution in [2.24, 2.45) is 5.92 Å². The van der Waals surface area contributed by atoms with Crippen molar-refractivity contribution in [2.75, 3.05) is 5.75 Å². The maximum Gasteiger partial charge on any atom is 0.230 e. The topological polar surface area (TPSA) is 54.9 Å². The molecule has 2 aromatic rings. The van der Waals surface area contributed by atoms with Gasteiger partial charge in [0.25, 0.3) is 0 Å². The average molecular weight is 293 g/mol. The molecule has 0 unspecified atom stereocenters. The third-order valence-corrected chi connectivity index (χ3v) is 5.11. The maximum atomic E-state index is 11.9. The molecule has 1 N–H and O–H groups in total. The highest BCUT2D eigenvalue weighted by Gasteiger charge is 2.28. The lowest BCUT2D eigenvalue weighted by atomic mass is 10.2. The Morgan fingerprint density at radius 2 is 2.42 bits per heavy atom. The lowest BCUT2D eigenvalue weighted by Crippen LogP contribution is -2.35. The molecular weight excluding hydrogens is 278 g/mol. The molecule has 0 aliphatic heterocycles. The molecule has 1 atom stereocenters. The van der Waals surface area contributed by atoms with Crippen molar-refractivity contribution >= 4 is 39.2 Å². The Morgan fingerprint density at radius 1 is 1.58 bits per heavy atom. The van der Waals surface area contributed by atoms with Crippen molar-refractivity contribution in [2.45, 2.75) is 30.8 Å². The van der Waals surface area contributed by atoms with Gasteiger partial charge in [0.1, 0.15) is 16.2 Å². The summed E-state index contributed by atoms with van der Waals surface area (Å²) in [5.74, 6) is 1.20. The summed E-state index contributed by atoms with van der Waals surface area (Å²) >= 11 is 3.07. The minimum atomic E-state index is 0.0893. The zero-order valence-corrected chi connectivity index (χ0v) is 12.3. The Labute approximate surface area is 120 Å². The van der Waals surface area contributed by atoms with E-state index in [2.05, 4.69) is 22.2 Å². The molecule has 0 radical (unpaired) electrons. The summed E-state index contributed by atoms with van der Waals surface area (Å²) in [5, 5.41) is 6.98. The largest absolute Gasteiger partial charge is 0.353 e. The fraction of sp³-hybridized carbons (Fsp3) is 0.462. The fourth-order valence-electron chi connectivity index (χ4n) is 2.03. The highest BCUT2D eigenvalue weighted by Crippen LogP contribution is 2.32. The first-order chi connectivity index (χ1) is 9.24. The number of carbonyl (C=O) groups is 1. The Hall–Kier alpha value is -1.14. The Balaban J connectivity index is 1.59. The summed E-state index contributed by atoms with van der Waals surface area (Å²) in [6.45, 7) is 2.09. The first-order valence-corrected chi connectivity index (χ1v) is 8.21. The highest BCUT2D eigenvalue weighted by atomic mass is 32.2. The minimum Gasteiger partial charge on any atom is -0.353 e. The van der Waals surface area contributed by atoms with E-state index in [-0.39, 0.29) is 5.91 Å². The van der Waals surface area contributed by atoms with Crippen LogP contribution in [0.2, 0.25) is 0 Å². The summed E-state index contributed by atoms with van der Waals surface area (Å²) in [7, 11) is 0. The Bertz CT molecular complexity index is 594. The molecular formula is C13H15N3OS2. The van der Waals surface area contributed by atoms with Gasteiger partial charge >= 0.3 is 0 Å². The molecule has 1 amide bonds. The lowest BCUT2D eigenvalue weighted by molar-refractivity contribution is -0.119. The Kier molecular flexibility index (Phi) is 3.70. The molecule has 100 valence electrons. The fourth-order valence-corrected chi connectivity index (χ4v) is 3.62. The van der Waals surface area contributed by atoms with Crippen LogP contribution in [0.5, 0.6) is 0 Å². The van der Waals surface area contributed by atoms with Crippen molar-refractivity contribution < 1.29 is 4.79 Å². The molecule has 19 heavy (non-hydrogen) atoms. The molecule has 6 heteroatoms. The van der Waals surface area contributed by atoms with Gasteiger partial charge in [-0.2, -0.15) is 0 Å². The molecule has 4 nitrogen and oxygen atoms in total. The second-order valence-electron chi connectivity index (χ2n) is 4.80. The van der Waals surface area contributed by atoms with Crippen molar-refractivity contribution in [3.05, 3.63) is 17.8 Å². The van der Waals surface area contributed by atoms with Gasteiger partial charge in [0.05, 0.1) is 5.75 Å². The number of nitrogens with zero attached hydrogens (tertiary/aromatic N) is 2. The van der Waals surface area contributed by atoms with Crippen molar-refractivity contribution in [3.8, 4) is 0 Å². The van der Waals surface area contributed by atoms with E-state index >= 15 is 0 Å². The van der Waals surface area contributed by atoms with Crippen LogP contribution in [0.1, 0.15) is 19.8 Å². The summed E-state index contributed by atoms with van der Waals surface area (Å²) < 4.78 is 0. The predicted octanol–water partition coefficient (Wildman–Crippen LogP) is 2.70. The molecule has 0 bridgehead atoms. The van der Waals surface area contributed by atoms with E-state index in [1.165, 1.54) is 24.6 Å². The van der Waals surface area contributed by atoms with Crippen molar-refractivity contribution in [1.82, 2.24) is 15.3 Å². The van der Waals surface area contributed by atoms with Crippen LogP contribution in [0.4, 0.5) is 0 Å². The molecule has 0 aromatic carbocycles. The van der Waals surface area contributed by atoms with Crippen LogP contribution in [-0.4, -0.2) is 27.7 Å². The third kappa shape index (κ3) is 3.06. The third-order valence-electron chi connectivity index (χ3n) is 3.28. The predicted molar refractivity (Wildman–Crippen MR) is 78.5 cm³/mol. The van der Waals surface area contributed by atoms with Gasteiger partial charge in [0.2, 0.25) is 5.91 Å². The van der Waals surface area contributed by atoms with Gasteiger partial charge < -0.3 is 5.32 Å². The summed E-state index contributed by atoms with van der Waals surface area (Å²) in [4.78, 5) is 21.3. The van der Waals surface area contributed by atoms with Crippen LogP contribution in [0, 0.1) is 5.92 Å². The highest BCUT2D eigenvalue weighted by molar-refractivity contribution is 8.00. The van der Waals surface area contributed by atoms with Crippen LogP contribution >= 0.6 is 23.1 Å². The van der Waals surface area contributed by atoms with E-state index in [1.807, 2.05) is 11.4 Å². The molecule has 2 heterocycles. The molecule has 1 saturated carbocycles. The van der Waals surface area contributed by atoms with Gasteiger partial charge in [-0.1, -0.05) is 11.8 Å². The van der Waals surface area contributed by atoms with Crippen LogP contribution < -0.4 is 5.32 Å². The number of rotatable bonds is 5. The van der Waals surface area contributed by atoms with E-state index in [9.17, 15) is 4.79 Å². The number of aromatic nitrogens is 2. The van der Waals surface area contributed by atoms with Crippen LogP contribution in [0.15, 0.2) is 22.8 Å². The number of fused-ring (bicyclic) bond motifs is 1. The number of amides is 1. The van der Waals surface area contributed by atoms with Crippen LogP contribution in [0.25, 0.3) is 10.2 Å². The molecule has 1 aliphatic carbocycles. The van der Waals surface area contributed by atoms with E-state index in [0.717, 1.165) is 15.2 Å². The van der Waals surface area contributed by atoms with Crippen LogP contribution in [0.3, 0.4) is 0 Å². The molecule has 1 fully saturated rings. The zero-order valence-electron chi connectivity index (χ0n) is 10.6. The number of thioether (sulfide) groups is 1. The summed E-state index contributed by atoms with van der Waals surface area (Å²) in [5.41, 5.74) is 0. The summed E-state index contributed by atoms with van der Waals surface area (Å²) in [6.07, 6.45) is 4.05. The van der Waals surface area contributed by atoms with Crippen molar-refractivity contribution in [3.63, 3.8) is 0 Å². The summed E-state index contributed by atoms with van der Waals surface area (Å²) in [6, 6.07) is 2.31. The van der Waals surface area contributed by atoms with Gasteiger partial charge in [0, 0.05) is 11.4 Å². The van der Waals surface area contributed by atoms with E-state index < -0.39 is 0 Å². The van der Waals surface area contributed by atoms with Gasteiger partial charge in [-0.3, -0.25) is 4.79 Å². The second-order valence-corrected chi connectivity index (χ2v) is 6.66. The smallest absolute Gasteiger partial charge is 0.230 e. The molecule has 0 spiro atoms. The standard InChI is InChI=1S/C13H15N3OS2/c1-8(9-2-3-9)16-11(17)6-19-13-10-4-5-18-12(10)14-7-15-13/h4-5,7-9H,2-3,6H2,1H3,(H,16,17)/t8-/m1/s1. The first kappa shape index (κ1) is 12.9. The van der Waals surface area contributed by atoms with Crippen molar-refractivity contribution in [1.29, 1.82) is 0 Å². The van der Waals surface area contributed by atoms with E-state index in [1.54, 1.807) is 17.7 Å². The zero-order chi connectivity index (χ0) is 13.2. The number of hydrogen-bond donors (Lipinski definition) is 1. The number of nitrogens with one attached hydrogen (secondary N) is 1. The maximum absolute atomic E-state index is 11.9. The quantitative estimate of drug-likeness (QED) is 0.680. The number of hydrogen-bond acceptors (Lipinski definition) is 5. The molecule has 1 aliphatic rings. The number of carbonyl (C=O) groups excluding carboxylic acids is 1. The van der Waals surface area contributed by atoms with E-state index in [4.69, 9.17) is 0 Å². The SMILES string of the molecule is C[C@@H](NC(=O)CSc1ncnc2sccc12)C1CC1. The van der Waals surface area contributed by atoms with Crippen LogP contribution in [-0.2, 0) is 4.79 Å². The second kappa shape index (κ2) is 5.46. The monoisotopic (exact) mass is 293 g/mol. The first-order valence-electron chi connectivity index (χ1n) is 6.34. The van der Waals surface area contributed by atoms with Gasteiger partial charge in [-0.05, 0) is 37.1 Å².